The minimum atomic E-state index is -0.861. The molecule has 1 unspecified atom stereocenters. The number of hydrogen-bond donors (Lipinski definition) is 1. The highest BCUT2D eigenvalue weighted by Crippen LogP contribution is 2.23. The molecule has 0 spiro atoms. The van der Waals surface area contributed by atoms with E-state index in [-0.39, 0.29) is 0 Å². The van der Waals surface area contributed by atoms with E-state index in [0.717, 1.165) is 0 Å². The largest absolute Gasteiger partial charge is 0.492 e. The van der Waals surface area contributed by atoms with E-state index in [9.17, 15) is 9.59 Å². The molecule has 0 bridgehead atoms. The van der Waals surface area contributed by atoms with Gasteiger partial charge in [0.1, 0.15) is 11.5 Å². The van der Waals surface area contributed by atoms with Gasteiger partial charge in [0, 0.05) is 5.02 Å². The lowest BCUT2D eigenvalue weighted by atomic mass is 10.3. The number of rotatable bonds is 8. The molecule has 7 heteroatoms. The maximum Gasteiger partial charge on any atom is 0.347 e. The molecule has 2 rings (SSSR count). The number of carbonyl (C=O) groups is 2. The predicted octanol–water partition coefficient (Wildman–Crippen LogP) is 3.69. The van der Waals surface area contributed by atoms with Crippen LogP contribution < -0.4 is 14.8 Å². The number of amides is 1. The zero-order valence-corrected chi connectivity index (χ0v) is 15.3. The minimum absolute atomic E-state index is 0.423. The van der Waals surface area contributed by atoms with Crippen LogP contribution in [0.25, 0.3) is 0 Å². The fourth-order valence-corrected chi connectivity index (χ4v) is 2.18. The van der Waals surface area contributed by atoms with E-state index in [1.807, 2.05) is 6.92 Å². The Hall–Kier alpha value is -2.73. The lowest BCUT2D eigenvalue weighted by Gasteiger charge is -2.14. The first-order valence-electron chi connectivity index (χ1n) is 8.10. The maximum absolute atomic E-state index is 12.0. The van der Waals surface area contributed by atoms with Gasteiger partial charge in [-0.1, -0.05) is 23.7 Å². The van der Waals surface area contributed by atoms with Crippen LogP contribution in [-0.4, -0.2) is 31.2 Å². The van der Waals surface area contributed by atoms with Crippen molar-refractivity contribution in [3.05, 3.63) is 53.6 Å². The number of esters is 1. The minimum Gasteiger partial charge on any atom is -0.492 e. The maximum atomic E-state index is 12.0. The van der Waals surface area contributed by atoms with Crippen LogP contribution in [-0.2, 0) is 14.3 Å². The smallest absolute Gasteiger partial charge is 0.347 e. The molecule has 0 radical (unpaired) electrons. The van der Waals surface area contributed by atoms with Crippen molar-refractivity contribution in [2.45, 2.75) is 20.0 Å². The number of para-hydroxylation sites is 2. The molecule has 0 fully saturated rings. The van der Waals surface area contributed by atoms with E-state index in [4.69, 9.17) is 25.8 Å². The third-order valence-electron chi connectivity index (χ3n) is 3.26. The summed E-state index contributed by atoms with van der Waals surface area (Å²) in [7, 11) is 0. The van der Waals surface area contributed by atoms with Gasteiger partial charge in [-0.05, 0) is 50.2 Å². The lowest BCUT2D eigenvalue weighted by Crippen LogP contribution is -2.29. The highest BCUT2D eigenvalue weighted by atomic mass is 35.5. The zero-order chi connectivity index (χ0) is 18.9. The summed E-state index contributed by atoms with van der Waals surface area (Å²) in [6, 6.07) is 13.6. The first-order valence-corrected chi connectivity index (χ1v) is 8.48. The van der Waals surface area contributed by atoms with Crippen molar-refractivity contribution in [1.29, 1.82) is 0 Å². The molecule has 2 aromatic carbocycles. The molecule has 138 valence electrons. The molecular weight excluding hydrogens is 358 g/mol. The quantitative estimate of drug-likeness (QED) is 0.710. The van der Waals surface area contributed by atoms with Crippen molar-refractivity contribution in [3.63, 3.8) is 0 Å². The second-order valence-electron chi connectivity index (χ2n) is 5.30. The van der Waals surface area contributed by atoms with Gasteiger partial charge in [-0.25, -0.2) is 4.79 Å². The molecule has 26 heavy (non-hydrogen) atoms. The number of halogens is 1. The second kappa shape index (κ2) is 9.68. The molecule has 6 nitrogen and oxygen atoms in total. The molecule has 0 heterocycles. The summed E-state index contributed by atoms with van der Waals surface area (Å²) in [4.78, 5) is 24.0. The Labute approximate surface area is 157 Å². The van der Waals surface area contributed by atoms with Crippen LogP contribution in [0, 0.1) is 0 Å². The average molecular weight is 378 g/mol. The van der Waals surface area contributed by atoms with E-state index in [0.29, 0.717) is 28.8 Å². The summed E-state index contributed by atoms with van der Waals surface area (Å²) in [5.74, 6) is -0.0829. The van der Waals surface area contributed by atoms with Crippen molar-refractivity contribution in [2.75, 3.05) is 18.5 Å². The highest BCUT2D eigenvalue weighted by molar-refractivity contribution is 6.30. The third-order valence-corrected chi connectivity index (χ3v) is 3.52. The van der Waals surface area contributed by atoms with Gasteiger partial charge >= 0.3 is 5.97 Å². The Morgan fingerprint density at radius 3 is 2.50 bits per heavy atom. The molecule has 0 aliphatic carbocycles. The number of anilines is 1. The van der Waals surface area contributed by atoms with Gasteiger partial charge < -0.3 is 19.5 Å². The Kier molecular flexibility index (Phi) is 7.29. The van der Waals surface area contributed by atoms with Crippen LogP contribution in [0.5, 0.6) is 11.5 Å². The summed E-state index contributed by atoms with van der Waals surface area (Å²) in [5, 5.41) is 3.22. The van der Waals surface area contributed by atoms with Crippen LogP contribution in [0.1, 0.15) is 13.8 Å². The van der Waals surface area contributed by atoms with Gasteiger partial charge in [-0.2, -0.15) is 0 Å². The summed E-state index contributed by atoms with van der Waals surface area (Å²) in [6.45, 7) is 3.44. The molecule has 1 atom stereocenters. The fraction of sp³-hybridized carbons (Fsp3) is 0.263. The zero-order valence-electron chi connectivity index (χ0n) is 14.5. The van der Waals surface area contributed by atoms with Crippen LogP contribution in [0.2, 0.25) is 5.02 Å². The van der Waals surface area contributed by atoms with E-state index >= 15 is 0 Å². The SMILES string of the molecule is CCOc1ccccc1NC(=O)COC(=O)C(C)Oc1ccc(Cl)cc1. The van der Waals surface area contributed by atoms with Crippen LogP contribution in [0.15, 0.2) is 48.5 Å². The fourth-order valence-electron chi connectivity index (χ4n) is 2.06. The first kappa shape index (κ1) is 19.6. The summed E-state index contributed by atoms with van der Waals surface area (Å²) in [6.07, 6.45) is -0.861. The topological polar surface area (TPSA) is 73.9 Å². The Balaban J connectivity index is 1.82. The number of benzene rings is 2. The van der Waals surface area contributed by atoms with E-state index in [2.05, 4.69) is 5.32 Å². The molecule has 1 amide bonds. The van der Waals surface area contributed by atoms with Crippen LogP contribution >= 0.6 is 11.6 Å². The van der Waals surface area contributed by atoms with Crippen molar-refractivity contribution >= 4 is 29.2 Å². The summed E-state index contributed by atoms with van der Waals surface area (Å²) in [5.41, 5.74) is 0.515. The highest BCUT2D eigenvalue weighted by Gasteiger charge is 2.18. The number of hydrogen-bond acceptors (Lipinski definition) is 5. The molecule has 0 saturated heterocycles. The average Bonchev–Trinajstić information content (AvgIpc) is 2.63. The van der Waals surface area contributed by atoms with Gasteiger partial charge in [0.2, 0.25) is 0 Å². The van der Waals surface area contributed by atoms with E-state index in [1.165, 1.54) is 0 Å². The molecular formula is C19H20ClNO5. The third kappa shape index (κ3) is 5.97. The van der Waals surface area contributed by atoms with Gasteiger partial charge in [0.15, 0.2) is 12.7 Å². The monoisotopic (exact) mass is 377 g/mol. The molecule has 0 aromatic heterocycles. The van der Waals surface area contributed by atoms with Crippen molar-refractivity contribution in [1.82, 2.24) is 0 Å². The Morgan fingerprint density at radius 1 is 1.12 bits per heavy atom. The number of ether oxygens (including phenoxy) is 3. The van der Waals surface area contributed by atoms with Gasteiger partial charge in [-0.15, -0.1) is 0 Å². The van der Waals surface area contributed by atoms with Crippen LogP contribution in [0.4, 0.5) is 5.69 Å². The second-order valence-corrected chi connectivity index (χ2v) is 5.74. The van der Waals surface area contributed by atoms with Gasteiger partial charge in [0.05, 0.1) is 12.3 Å². The van der Waals surface area contributed by atoms with Gasteiger partial charge in [0.25, 0.3) is 5.91 Å². The lowest BCUT2D eigenvalue weighted by molar-refractivity contribution is -0.153. The number of carbonyl (C=O) groups excluding carboxylic acids is 2. The molecule has 0 aliphatic rings. The summed E-state index contributed by atoms with van der Waals surface area (Å²) >= 11 is 5.79. The number of nitrogens with one attached hydrogen (secondary N) is 1. The Bertz CT molecular complexity index is 748. The molecule has 0 saturated carbocycles. The predicted molar refractivity (Wildman–Crippen MR) is 98.7 cm³/mol. The van der Waals surface area contributed by atoms with Crippen molar-refractivity contribution in [2.24, 2.45) is 0 Å². The normalized spacial score (nSPS) is 11.3. The van der Waals surface area contributed by atoms with E-state index < -0.39 is 24.6 Å². The molecule has 2 aromatic rings. The van der Waals surface area contributed by atoms with Gasteiger partial charge in [-0.3, -0.25) is 4.79 Å². The summed E-state index contributed by atoms with van der Waals surface area (Å²) < 4.78 is 15.9. The first-order chi connectivity index (χ1) is 12.5. The Morgan fingerprint density at radius 2 is 1.81 bits per heavy atom. The van der Waals surface area contributed by atoms with Crippen molar-refractivity contribution < 1.29 is 23.8 Å². The standard InChI is InChI=1S/C19H20ClNO5/c1-3-24-17-7-5-4-6-16(17)21-18(22)12-25-19(23)13(2)26-15-10-8-14(20)9-11-15/h4-11,13H,3,12H2,1-2H3,(H,21,22). The van der Waals surface area contributed by atoms with Crippen LogP contribution in [0.3, 0.4) is 0 Å². The van der Waals surface area contributed by atoms with E-state index in [1.54, 1.807) is 55.5 Å². The van der Waals surface area contributed by atoms with Crippen molar-refractivity contribution in [3.8, 4) is 11.5 Å². The molecule has 0 aliphatic heterocycles. The molecule has 1 N–H and O–H groups in total.